The van der Waals surface area contributed by atoms with Crippen molar-refractivity contribution in [1.82, 2.24) is 4.98 Å². The lowest BCUT2D eigenvalue weighted by Crippen LogP contribution is -2.11. The molecule has 8 heteroatoms. The summed E-state index contributed by atoms with van der Waals surface area (Å²) in [7, 11) is -3.75. The third-order valence-corrected chi connectivity index (χ3v) is 7.39. The van der Waals surface area contributed by atoms with E-state index in [0.29, 0.717) is 23.6 Å². The molecule has 2 N–H and O–H groups in total. The second-order valence-corrected chi connectivity index (χ2v) is 10.2. The Morgan fingerprint density at radius 3 is 2.31 bits per heavy atom. The van der Waals surface area contributed by atoms with E-state index in [1.807, 2.05) is 24.3 Å². The zero-order valence-electron chi connectivity index (χ0n) is 15.5. The van der Waals surface area contributed by atoms with Crippen LogP contribution in [-0.2, 0) is 21.2 Å². The average molecular weight is 447 g/mol. The molecule has 1 aliphatic rings. The average Bonchev–Trinajstić information content (AvgIpc) is 3.29. The van der Waals surface area contributed by atoms with Gasteiger partial charge in [-0.05, 0) is 42.7 Å². The number of ketones is 1. The first-order valence-electron chi connectivity index (χ1n) is 9.23. The van der Waals surface area contributed by atoms with Crippen LogP contribution in [0.4, 0.5) is 0 Å². The molecule has 0 amide bonds. The van der Waals surface area contributed by atoms with E-state index in [0.717, 1.165) is 39.5 Å². The van der Waals surface area contributed by atoms with Crippen molar-refractivity contribution in [2.45, 2.75) is 30.6 Å². The fraction of sp³-hybridized carbons (Fsp3) is 0.238. The summed E-state index contributed by atoms with van der Waals surface area (Å²) in [5, 5.41) is 6.75. The van der Waals surface area contributed by atoms with Crippen LogP contribution in [0.15, 0.2) is 53.4 Å². The Labute approximate surface area is 178 Å². The van der Waals surface area contributed by atoms with Gasteiger partial charge in [0.05, 0.1) is 20.5 Å². The fourth-order valence-electron chi connectivity index (χ4n) is 3.56. The first-order valence-corrected chi connectivity index (χ1v) is 12.0. The van der Waals surface area contributed by atoms with Crippen LogP contribution < -0.4 is 5.14 Å². The number of rotatable bonds is 5. The van der Waals surface area contributed by atoms with Gasteiger partial charge in [0.25, 0.3) is 0 Å². The van der Waals surface area contributed by atoms with E-state index in [1.165, 1.54) is 23.5 Å². The van der Waals surface area contributed by atoms with Crippen LogP contribution in [0.3, 0.4) is 0 Å². The summed E-state index contributed by atoms with van der Waals surface area (Å²) in [6.07, 6.45) is 3.15. The van der Waals surface area contributed by atoms with Crippen LogP contribution in [-0.4, -0.2) is 19.2 Å². The summed E-state index contributed by atoms with van der Waals surface area (Å²) in [4.78, 5) is 17.9. The van der Waals surface area contributed by atoms with E-state index >= 15 is 0 Å². The van der Waals surface area contributed by atoms with Gasteiger partial charge in [0.15, 0.2) is 0 Å². The van der Waals surface area contributed by atoms with Crippen molar-refractivity contribution in [3.05, 3.63) is 58.6 Å². The highest BCUT2D eigenvalue weighted by Crippen LogP contribution is 2.39. The summed E-state index contributed by atoms with van der Waals surface area (Å²) in [5.74, 6) is 0.351. The Morgan fingerprint density at radius 2 is 1.72 bits per heavy atom. The molecule has 5 nitrogen and oxygen atoms in total. The van der Waals surface area contributed by atoms with E-state index in [-0.39, 0.29) is 10.8 Å². The second-order valence-electron chi connectivity index (χ2n) is 7.12. The Hall–Kier alpha value is -2.06. The van der Waals surface area contributed by atoms with E-state index < -0.39 is 10.0 Å². The number of benzene rings is 2. The van der Waals surface area contributed by atoms with Gasteiger partial charge in [-0.3, -0.25) is 4.79 Å². The molecule has 29 heavy (non-hydrogen) atoms. The number of sulfonamides is 1. The van der Waals surface area contributed by atoms with E-state index in [2.05, 4.69) is 0 Å². The first kappa shape index (κ1) is 20.2. The van der Waals surface area contributed by atoms with Gasteiger partial charge in [0.1, 0.15) is 5.78 Å². The molecule has 4 rings (SSSR count). The van der Waals surface area contributed by atoms with Crippen LogP contribution in [0, 0.1) is 5.92 Å². The molecule has 1 unspecified atom stereocenters. The van der Waals surface area contributed by atoms with Crippen molar-refractivity contribution in [2.24, 2.45) is 11.1 Å². The minimum atomic E-state index is -3.75. The number of carbonyl (C=O) groups is 1. The third kappa shape index (κ3) is 4.43. The zero-order valence-corrected chi connectivity index (χ0v) is 17.9. The molecule has 0 spiro atoms. The maximum absolute atomic E-state index is 12.1. The Kier molecular flexibility index (Phi) is 5.57. The molecule has 2 aromatic carbocycles. The lowest BCUT2D eigenvalue weighted by Gasteiger charge is -2.04. The van der Waals surface area contributed by atoms with Crippen LogP contribution in [0.5, 0.6) is 0 Å². The van der Waals surface area contributed by atoms with Crippen LogP contribution >= 0.6 is 22.9 Å². The summed E-state index contributed by atoms with van der Waals surface area (Å²) in [6.45, 7) is 0. The smallest absolute Gasteiger partial charge is 0.238 e. The summed E-state index contributed by atoms with van der Waals surface area (Å²) in [5.41, 5.74) is 2.57. The van der Waals surface area contributed by atoms with Gasteiger partial charge in [-0.2, -0.15) is 0 Å². The SMILES string of the molecule is NS(=O)(=O)c1ccc(-c2sc(CC3CCCC3=O)nc2-c2ccc(Cl)cc2)cc1. The van der Waals surface area contributed by atoms with Gasteiger partial charge in [0.2, 0.25) is 10.0 Å². The largest absolute Gasteiger partial charge is 0.299 e. The van der Waals surface area contributed by atoms with Gasteiger partial charge in [0, 0.05) is 29.3 Å². The van der Waals surface area contributed by atoms with E-state index in [4.69, 9.17) is 21.7 Å². The summed E-state index contributed by atoms with van der Waals surface area (Å²) in [6, 6.07) is 13.9. The predicted octanol–water partition coefficient (Wildman–Crippen LogP) is 4.69. The standard InChI is InChI=1S/C21H19ClN2O3S2/c22-16-8-4-13(5-9-16)20-21(14-6-10-17(11-7-14)29(23,26)27)28-19(24-20)12-15-2-1-3-18(15)25/h4-11,15H,1-3,12H2,(H2,23,26,27). The molecule has 0 aliphatic heterocycles. The van der Waals surface area contributed by atoms with Gasteiger partial charge in [-0.25, -0.2) is 18.5 Å². The Bertz CT molecular complexity index is 1150. The molecular weight excluding hydrogens is 428 g/mol. The number of hydrogen-bond acceptors (Lipinski definition) is 5. The molecule has 0 radical (unpaired) electrons. The minimum Gasteiger partial charge on any atom is -0.299 e. The number of Topliss-reactive ketones (excluding diaryl/α,β-unsaturated/α-hetero) is 1. The lowest BCUT2D eigenvalue weighted by atomic mass is 10.0. The topological polar surface area (TPSA) is 90.1 Å². The number of carbonyl (C=O) groups excluding carboxylic acids is 1. The van der Waals surface area contributed by atoms with Crippen molar-refractivity contribution < 1.29 is 13.2 Å². The van der Waals surface area contributed by atoms with Crippen molar-refractivity contribution >= 4 is 38.7 Å². The molecule has 0 saturated heterocycles. The van der Waals surface area contributed by atoms with Crippen molar-refractivity contribution in [3.8, 4) is 21.7 Å². The quantitative estimate of drug-likeness (QED) is 0.615. The number of nitrogens with zero attached hydrogens (tertiary/aromatic N) is 1. The molecule has 0 bridgehead atoms. The molecule has 150 valence electrons. The Morgan fingerprint density at radius 1 is 1.07 bits per heavy atom. The molecular formula is C21H19ClN2O3S2. The molecule has 3 aromatic rings. The number of hydrogen-bond donors (Lipinski definition) is 1. The highest BCUT2D eigenvalue weighted by atomic mass is 35.5. The van der Waals surface area contributed by atoms with Crippen LogP contribution in [0.2, 0.25) is 5.02 Å². The molecule has 1 aromatic heterocycles. The molecule has 1 atom stereocenters. The zero-order chi connectivity index (χ0) is 20.6. The van der Waals surface area contributed by atoms with Gasteiger partial charge in [-0.1, -0.05) is 35.9 Å². The first-order chi connectivity index (χ1) is 13.8. The molecule has 1 aliphatic carbocycles. The maximum atomic E-state index is 12.1. The second kappa shape index (κ2) is 7.99. The number of nitrogens with two attached hydrogens (primary N) is 1. The maximum Gasteiger partial charge on any atom is 0.238 e. The molecule has 1 fully saturated rings. The highest BCUT2D eigenvalue weighted by Gasteiger charge is 2.26. The lowest BCUT2D eigenvalue weighted by molar-refractivity contribution is -0.120. The monoisotopic (exact) mass is 446 g/mol. The van der Waals surface area contributed by atoms with Crippen LogP contribution in [0.25, 0.3) is 21.7 Å². The highest BCUT2D eigenvalue weighted by molar-refractivity contribution is 7.89. The van der Waals surface area contributed by atoms with E-state index in [9.17, 15) is 13.2 Å². The molecule has 1 heterocycles. The number of halogens is 1. The Balaban J connectivity index is 1.76. The van der Waals surface area contributed by atoms with E-state index in [1.54, 1.807) is 12.1 Å². The van der Waals surface area contributed by atoms with Crippen LogP contribution in [0.1, 0.15) is 24.3 Å². The fourth-order valence-corrected chi connectivity index (χ4v) is 5.37. The minimum absolute atomic E-state index is 0.0387. The number of thiazole rings is 1. The molecule has 1 saturated carbocycles. The van der Waals surface area contributed by atoms with Crippen molar-refractivity contribution in [3.63, 3.8) is 0 Å². The van der Waals surface area contributed by atoms with Gasteiger partial charge < -0.3 is 0 Å². The number of aromatic nitrogens is 1. The summed E-state index contributed by atoms with van der Waals surface area (Å²) >= 11 is 7.56. The predicted molar refractivity (Wildman–Crippen MR) is 115 cm³/mol. The van der Waals surface area contributed by atoms with Crippen molar-refractivity contribution in [1.29, 1.82) is 0 Å². The van der Waals surface area contributed by atoms with Gasteiger partial charge >= 0.3 is 0 Å². The van der Waals surface area contributed by atoms with Crippen molar-refractivity contribution in [2.75, 3.05) is 0 Å². The summed E-state index contributed by atoms with van der Waals surface area (Å²) < 4.78 is 23.1. The van der Waals surface area contributed by atoms with Gasteiger partial charge in [-0.15, -0.1) is 11.3 Å². The normalized spacial score (nSPS) is 17.0. The third-order valence-electron chi connectivity index (χ3n) is 5.09. The number of primary sulfonamides is 1.